The maximum atomic E-state index is 12.9. The Morgan fingerprint density at radius 2 is 2.00 bits per heavy atom. The lowest BCUT2D eigenvalue weighted by molar-refractivity contribution is 0.0602. The van der Waals surface area contributed by atoms with Crippen LogP contribution in [0.4, 0.5) is 0 Å². The molecule has 130 valence electrons. The number of pyridine rings is 1. The first kappa shape index (κ1) is 16.5. The largest absolute Gasteiger partial charge is 0.465 e. The Morgan fingerprint density at radius 3 is 2.77 bits per heavy atom. The molecule has 4 rings (SSSR count). The average molecular weight is 390 g/mol. The predicted molar refractivity (Wildman–Crippen MR) is 95.2 cm³/mol. The second kappa shape index (κ2) is 6.08. The van der Waals surface area contributed by atoms with Crippen molar-refractivity contribution < 1.29 is 9.53 Å². The van der Waals surface area contributed by atoms with Crippen molar-refractivity contribution in [2.75, 3.05) is 7.11 Å². The number of carbonyl (C=O) groups is 1. The number of ether oxygens (including phenoxy) is 1. The molecular formula is C16H9Cl2N5O3. The molecule has 3 heterocycles. The quantitative estimate of drug-likeness (QED) is 0.489. The number of benzene rings is 1. The Balaban J connectivity index is 2.00. The maximum Gasteiger partial charge on any atom is 0.343 e. The molecule has 26 heavy (non-hydrogen) atoms. The Morgan fingerprint density at radius 1 is 1.19 bits per heavy atom. The van der Waals surface area contributed by atoms with E-state index in [1.165, 1.54) is 28.6 Å². The molecule has 0 aliphatic carbocycles. The van der Waals surface area contributed by atoms with E-state index in [-0.39, 0.29) is 16.7 Å². The van der Waals surface area contributed by atoms with E-state index in [0.717, 1.165) is 0 Å². The first-order valence-corrected chi connectivity index (χ1v) is 8.06. The van der Waals surface area contributed by atoms with Gasteiger partial charge in [-0.2, -0.15) is 5.10 Å². The lowest BCUT2D eigenvalue weighted by atomic mass is 10.3. The van der Waals surface area contributed by atoms with Crippen LogP contribution in [-0.4, -0.2) is 37.5 Å². The number of rotatable bonds is 2. The van der Waals surface area contributed by atoms with Crippen LogP contribution in [0.2, 0.25) is 10.0 Å². The minimum absolute atomic E-state index is 0.0653. The number of carbonyl (C=O) groups excluding carboxylic acids is 1. The summed E-state index contributed by atoms with van der Waals surface area (Å²) in [7, 11) is 1.26. The van der Waals surface area contributed by atoms with Gasteiger partial charge in [0.25, 0.3) is 5.56 Å². The van der Waals surface area contributed by atoms with Crippen molar-refractivity contribution in [1.82, 2.24) is 24.4 Å². The highest BCUT2D eigenvalue weighted by Gasteiger charge is 2.18. The number of hydrogen-bond donors (Lipinski definition) is 0. The molecule has 0 aliphatic heterocycles. The van der Waals surface area contributed by atoms with Gasteiger partial charge in [-0.3, -0.25) is 9.36 Å². The SMILES string of the molecule is COC(=O)c1cnn2c1nnc1c(=O)n(-c3cc(Cl)ccc3Cl)ccc12. The first-order chi connectivity index (χ1) is 12.5. The molecule has 10 heteroatoms. The molecule has 0 atom stereocenters. The van der Waals surface area contributed by atoms with Gasteiger partial charge in [0.15, 0.2) is 11.2 Å². The lowest BCUT2D eigenvalue weighted by Gasteiger charge is -2.09. The van der Waals surface area contributed by atoms with E-state index in [2.05, 4.69) is 20.0 Å². The van der Waals surface area contributed by atoms with E-state index >= 15 is 0 Å². The molecule has 0 saturated carbocycles. The van der Waals surface area contributed by atoms with E-state index in [1.54, 1.807) is 24.3 Å². The van der Waals surface area contributed by atoms with Crippen LogP contribution in [0.15, 0.2) is 41.5 Å². The Kier molecular flexibility index (Phi) is 3.86. The summed E-state index contributed by atoms with van der Waals surface area (Å²) in [5.41, 5.74) is 0.784. The van der Waals surface area contributed by atoms with Crippen LogP contribution in [0.5, 0.6) is 0 Å². The highest BCUT2D eigenvalue weighted by atomic mass is 35.5. The van der Waals surface area contributed by atoms with Crippen LogP contribution in [-0.2, 0) is 4.74 Å². The zero-order valence-electron chi connectivity index (χ0n) is 13.2. The minimum Gasteiger partial charge on any atom is -0.465 e. The standard InChI is InChI=1S/C16H9Cl2N5O3/c1-26-16(25)9-7-19-23-11-4-5-22(12-6-8(17)2-3-10(12)18)15(24)13(11)20-21-14(9)23/h2-7H,1H3. The Hall–Kier alpha value is -2.97. The first-order valence-electron chi connectivity index (χ1n) is 7.31. The molecule has 4 aromatic rings. The number of halogens is 2. The van der Waals surface area contributed by atoms with Crippen molar-refractivity contribution in [3.05, 3.63) is 62.6 Å². The fourth-order valence-corrected chi connectivity index (χ4v) is 2.98. The van der Waals surface area contributed by atoms with Gasteiger partial charge in [-0.05, 0) is 24.3 Å². The number of nitrogens with zero attached hydrogens (tertiary/aromatic N) is 5. The highest BCUT2D eigenvalue weighted by Crippen LogP contribution is 2.24. The number of esters is 1. The van der Waals surface area contributed by atoms with Crippen molar-refractivity contribution in [1.29, 1.82) is 0 Å². The van der Waals surface area contributed by atoms with Crippen molar-refractivity contribution in [3.8, 4) is 5.69 Å². The summed E-state index contributed by atoms with van der Waals surface area (Å²) in [5, 5.41) is 12.8. The molecule has 0 fully saturated rings. The Bertz CT molecular complexity index is 1250. The van der Waals surface area contributed by atoms with Crippen LogP contribution in [0, 0.1) is 0 Å². The fourth-order valence-electron chi connectivity index (χ4n) is 2.61. The summed E-state index contributed by atoms with van der Waals surface area (Å²) in [6.45, 7) is 0. The molecule has 0 bridgehead atoms. The molecule has 8 nitrogen and oxygen atoms in total. The molecule has 0 spiro atoms. The van der Waals surface area contributed by atoms with Gasteiger partial charge >= 0.3 is 5.97 Å². The van der Waals surface area contributed by atoms with Crippen molar-refractivity contribution in [2.24, 2.45) is 0 Å². The molecule has 0 aliphatic rings. The summed E-state index contributed by atoms with van der Waals surface area (Å²) in [6.07, 6.45) is 2.84. The maximum absolute atomic E-state index is 12.9. The van der Waals surface area contributed by atoms with Gasteiger partial charge in [0.2, 0.25) is 0 Å². The zero-order chi connectivity index (χ0) is 18.4. The van der Waals surface area contributed by atoms with E-state index in [4.69, 9.17) is 23.2 Å². The van der Waals surface area contributed by atoms with Gasteiger partial charge in [-0.25, -0.2) is 9.31 Å². The molecule has 0 unspecified atom stereocenters. The highest BCUT2D eigenvalue weighted by molar-refractivity contribution is 6.34. The summed E-state index contributed by atoms with van der Waals surface area (Å²) in [5.74, 6) is -0.590. The number of aromatic nitrogens is 5. The third kappa shape index (κ3) is 2.42. The molecule has 0 amide bonds. The molecule has 1 aromatic carbocycles. The summed E-state index contributed by atoms with van der Waals surface area (Å²) >= 11 is 12.2. The third-order valence-electron chi connectivity index (χ3n) is 3.84. The Labute approximate surface area is 155 Å². The van der Waals surface area contributed by atoms with Crippen molar-refractivity contribution >= 4 is 45.9 Å². The number of hydrogen-bond acceptors (Lipinski definition) is 6. The molecular weight excluding hydrogens is 381 g/mol. The van der Waals surface area contributed by atoms with Gasteiger partial charge < -0.3 is 4.74 Å². The summed E-state index contributed by atoms with van der Waals surface area (Å²) < 4.78 is 7.37. The van der Waals surface area contributed by atoms with Gasteiger partial charge in [0.1, 0.15) is 11.1 Å². The van der Waals surface area contributed by atoms with Crippen molar-refractivity contribution in [2.45, 2.75) is 0 Å². The minimum atomic E-state index is -0.590. The van der Waals surface area contributed by atoms with Gasteiger partial charge in [0, 0.05) is 11.2 Å². The molecule has 0 saturated heterocycles. The third-order valence-corrected chi connectivity index (χ3v) is 4.39. The summed E-state index contributed by atoms with van der Waals surface area (Å²) in [4.78, 5) is 24.6. The van der Waals surface area contributed by atoms with Gasteiger partial charge in [0.05, 0.1) is 24.0 Å². The average Bonchev–Trinajstić information content (AvgIpc) is 3.08. The lowest BCUT2D eigenvalue weighted by Crippen LogP contribution is -2.20. The smallest absolute Gasteiger partial charge is 0.343 e. The number of methoxy groups -OCH3 is 1. The number of fused-ring (bicyclic) bond motifs is 3. The second-order valence-electron chi connectivity index (χ2n) is 5.31. The van der Waals surface area contributed by atoms with E-state index in [9.17, 15) is 9.59 Å². The molecule has 0 radical (unpaired) electrons. The monoisotopic (exact) mass is 389 g/mol. The van der Waals surface area contributed by atoms with Crippen LogP contribution < -0.4 is 5.56 Å². The van der Waals surface area contributed by atoms with Gasteiger partial charge in [-0.1, -0.05) is 23.2 Å². The van der Waals surface area contributed by atoms with Gasteiger partial charge in [-0.15, -0.1) is 10.2 Å². The molecule has 0 N–H and O–H groups in total. The van der Waals surface area contributed by atoms with Crippen LogP contribution in [0.3, 0.4) is 0 Å². The summed E-state index contributed by atoms with van der Waals surface area (Å²) in [6, 6.07) is 6.43. The van der Waals surface area contributed by atoms with Crippen LogP contribution in [0.1, 0.15) is 10.4 Å². The van der Waals surface area contributed by atoms with Crippen LogP contribution in [0.25, 0.3) is 22.4 Å². The topological polar surface area (TPSA) is 91.4 Å². The predicted octanol–water partition coefficient (Wildman–Crippen LogP) is 2.52. The fraction of sp³-hybridized carbons (Fsp3) is 0.0625. The van der Waals surface area contributed by atoms with Crippen LogP contribution >= 0.6 is 23.2 Å². The zero-order valence-corrected chi connectivity index (χ0v) is 14.7. The van der Waals surface area contributed by atoms with Crippen molar-refractivity contribution in [3.63, 3.8) is 0 Å². The van der Waals surface area contributed by atoms with E-state index in [0.29, 0.717) is 21.2 Å². The molecule has 3 aromatic heterocycles. The van der Waals surface area contributed by atoms with E-state index in [1.807, 2.05) is 0 Å². The second-order valence-corrected chi connectivity index (χ2v) is 6.15. The van der Waals surface area contributed by atoms with E-state index < -0.39 is 11.5 Å². The normalized spacial score (nSPS) is 11.2.